The van der Waals surface area contributed by atoms with Crippen molar-refractivity contribution in [2.75, 3.05) is 25.9 Å². The molecule has 0 radical (unpaired) electrons. The number of amides is 1. The van der Waals surface area contributed by atoms with Crippen molar-refractivity contribution in [2.24, 2.45) is 5.73 Å². The largest absolute Gasteiger partial charge is 0.395 e. The van der Waals surface area contributed by atoms with Gasteiger partial charge >= 0.3 is 7.60 Å². The quantitative estimate of drug-likeness (QED) is 0.163. The smallest absolute Gasteiger partial charge is 0.325 e. The minimum Gasteiger partial charge on any atom is -0.395 e. The SMILES string of the molecule is NCCO.O=CN(O)CCCP(=O)(O)O. The minimum atomic E-state index is -3.99. The molecule has 0 unspecified atom stereocenters. The summed E-state index contributed by atoms with van der Waals surface area (Å²) >= 11 is 0. The fraction of sp³-hybridized carbons (Fsp3) is 0.833. The number of hydrogen-bond acceptors (Lipinski definition) is 5. The first-order chi connectivity index (χ1) is 6.87. The van der Waals surface area contributed by atoms with Gasteiger partial charge in [-0.05, 0) is 6.42 Å². The number of carbonyl (C=O) groups excluding carboxylic acids is 1. The van der Waals surface area contributed by atoms with Gasteiger partial charge in [-0.15, -0.1) is 0 Å². The molecule has 0 aromatic heterocycles. The van der Waals surface area contributed by atoms with Crippen LogP contribution in [0.5, 0.6) is 0 Å². The van der Waals surface area contributed by atoms with Gasteiger partial charge in [0.05, 0.1) is 12.8 Å². The second-order valence-corrected chi connectivity index (χ2v) is 4.30. The fourth-order valence-corrected chi connectivity index (χ4v) is 1.04. The van der Waals surface area contributed by atoms with Crippen LogP contribution in [0.1, 0.15) is 6.42 Å². The summed E-state index contributed by atoms with van der Waals surface area (Å²) < 4.78 is 10.2. The van der Waals surface area contributed by atoms with E-state index in [0.29, 0.717) is 11.6 Å². The number of carbonyl (C=O) groups is 1. The third kappa shape index (κ3) is 19.8. The molecule has 15 heavy (non-hydrogen) atoms. The molecule has 0 aliphatic carbocycles. The minimum absolute atomic E-state index is 0.0609. The standard InChI is InChI=1S/C4H10NO5P.C2H7NO/c6-4-5(7)2-1-3-11(8,9)10;3-1-2-4/h4,7H,1-3H2,(H2,8,9,10);4H,1-3H2. The van der Waals surface area contributed by atoms with Gasteiger partial charge in [0.15, 0.2) is 0 Å². The Hall–Kier alpha value is -0.500. The molecule has 0 saturated heterocycles. The number of aliphatic hydroxyl groups is 1. The van der Waals surface area contributed by atoms with E-state index in [4.69, 9.17) is 25.8 Å². The van der Waals surface area contributed by atoms with E-state index in [0.717, 1.165) is 0 Å². The number of nitrogens with zero attached hydrogens (tertiary/aromatic N) is 1. The van der Waals surface area contributed by atoms with Gasteiger partial charge in [-0.1, -0.05) is 0 Å². The molecule has 0 aromatic rings. The Balaban J connectivity index is 0. The predicted octanol–water partition coefficient (Wildman–Crippen LogP) is -1.66. The summed E-state index contributed by atoms with van der Waals surface area (Å²) in [7, 11) is -3.99. The van der Waals surface area contributed by atoms with Gasteiger partial charge in [-0.3, -0.25) is 14.6 Å². The highest BCUT2D eigenvalue weighted by Gasteiger charge is 2.12. The molecule has 0 fully saturated rings. The average molecular weight is 244 g/mol. The van der Waals surface area contributed by atoms with Crippen LogP contribution in [0.2, 0.25) is 0 Å². The van der Waals surface area contributed by atoms with Crippen LogP contribution < -0.4 is 5.73 Å². The maximum absolute atomic E-state index is 10.2. The van der Waals surface area contributed by atoms with Crippen LogP contribution in [0.25, 0.3) is 0 Å². The number of aliphatic hydroxyl groups excluding tert-OH is 1. The van der Waals surface area contributed by atoms with Crippen molar-refractivity contribution in [1.29, 1.82) is 0 Å². The van der Waals surface area contributed by atoms with Crippen LogP contribution in [0, 0.1) is 0 Å². The first-order valence-electron chi connectivity index (χ1n) is 4.13. The summed E-state index contributed by atoms with van der Waals surface area (Å²) in [6.07, 6.45) is -0.0584. The first kappa shape index (κ1) is 16.9. The molecule has 0 aliphatic rings. The van der Waals surface area contributed by atoms with Crippen LogP contribution >= 0.6 is 7.60 Å². The molecule has 0 bridgehead atoms. The van der Waals surface area contributed by atoms with Crippen LogP contribution in [0.4, 0.5) is 0 Å². The Bertz CT molecular complexity index is 194. The van der Waals surface area contributed by atoms with Crippen molar-refractivity contribution in [1.82, 2.24) is 5.06 Å². The summed E-state index contributed by atoms with van der Waals surface area (Å²) in [5.41, 5.74) is 4.78. The van der Waals surface area contributed by atoms with Gasteiger partial charge < -0.3 is 20.6 Å². The Morgan fingerprint density at radius 3 is 2.13 bits per heavy atom. The zero-order valence-corrected chi connectivity index (χ0v) is 9.08. The molecular formula is C6H17N2O6P. The summed E-state index contributed by atoms with van der Waals surface area (Å²) in [6, 6.07) is 0. The van der Waals surface area contributed by atoms with Gasteiger partial charge in [-0.2, -0.15) is 0 Å². The van der Waals surface area contributed by atoms with Gasteiger partial charge in [0, 0.05) is 13.1 Å². The number of nitrogens with two attached hydrogens (primary N) is 1. The normalized spacial score (nSPS) is 10.2. The van der Waals surface area contributed by atoms with E-state index in [1.807, 2.05) is 0 Å². The Kier molecular flexibility index (Phi) is 11.3. The average Bonchev–Trinajstić information content (AvgIpc) is 2.16. The van der Waals surface area contributed by atoms with Crippen LogP contribution in [-0.4, -0.2) is 57.4 Å². The van der Waals surface area contributed by atoms with E-state index in [9.17, 15) is 9.36 Å². The highest BCUT2D eigenvalue weighted by atomic mass is 31.2. The van der Waals surface area contributed by atoms with Crippen molar-refractivity contribution < 1.29 is 29.5 Å². The highest BCUT2D eigenvalue weighted by molar-refractivity contribution is 7.51. The second kappa shape index (κ2) is 10.0. The van der Waals surface area contributed by atoms with Gasteiger partial charge in [0.25, 0.3) is 0 Å². The summed E-state index contributed by atoms with van der Waals surface area (Å²) in [4.78, 5) is 26.4. The monoisotopic (exact) mass is 244 g/mol. The lowest BCUT2D eigenvalue weighted by molar-refractivity contribution is -0.149. The topological polar surface area (TPSA) is 144 Å². The molecule has 9 heteroatoms. The van der Waals surface area contributed by atoms with Gasteiger partial charge in [0.2, 0.25) is 6.41 Å². The number of hydrogen-bond donors (Lipinski definition) is 5. The van der Waals surface area contributed by atoms with E-state index in [-0.39, 0.29) is 32.1 Å². The molecule has 0 saturated carbocycles. The molecule has 92 valence electrons. The lowest BCUT2D eigenvalue weighted by atomic mass is 10.5. The van der Waals surface area contributed by atoms with Crippen LogP contribution in [0.3, 0.4) is 0 Å². The van der Waals surface area contributed by atoms with Crippen molar-refractivity contribution in [3.05, 3.63) is 0 Å². The second-order valence-electron chi connectivity index (χ2n) is 2.52. The number of rotatable bonds is 6. The molecular weight excluding hydrogens is 227 g/mol. The molecule has 8 nitrogen and oxygen atoms in total. The molecule has 6 N–H and O–H groups in total. The maximum atomic E-state index is 10.2. The van der Waals surface area contributed by atoms with Gasteiger partial charge in [-0.25, -0.2) is 5.06 Å². The Morgan fingerprint density at radius 2 is 1.87 bits per heavy atom. The fourth-order valence-electron chi connectivity index (χ4n) is 0.491. The van der Waals surface area contributed by atoms with Crippen molar-refractivity contribution in [3.8, 4) is 0 Å². The van der Waals surface area contributed by atoms with Gasteiger partial charge in [0.1, 0.15) is 0 Å². The summed E-state index contributed by atoms with van der Waals surface area (Å²) in [6.45, 7) is 0.411. The molecule has 0 aromatic carbocycles. The van der Waals surface area contributed by atoms with E-state index >= 15 is 0 Å². The van der Waals surface area contributed by atoms with E-state index in [1.165, 1.54) is 0 Å². The predicted molar refractivity (Wildman–Crippen MR) is 52.2 cm³/mol. The summed E-state index contributed by atoms with van der Waals surface area (Å²) in [5, 5.41) is 16.6. The highest BCUT2D eigenvalue weighted by Crippen LogP contribution is 2.34. The zero-order chi connectivity index (χ0) is 12.3. The molecule has 0 spiro atoms. The number of hydroxylamine groups is 2. The third-order valence-corrected chi connectivity index (χ3v) is 1.99. The molecule has 0 rings (SSSR count). The lowest BCUT2D eigenvalue weighted by Crippen LogP contribution is -2.18. The Labute approximate surface area is 87.4 Å². The van der Waals surface area contributed by atoms with E-state index < -0.39 is 7.60 Å². The van der Waals surface area contributed by atoms with Crippen molar-refractivity contribution in [2.45, 2.75) is 6.42 Å². The Morgan fingerprint density at radius 1 is 1.40 bits per heavy atom. The first-order valence-corrected chi connectivity index (χ1v) is 5.93. The lowest BCUT2D eigenvalue weighted by Gasteiger charge is -2.07. The van der Waals surface area contributed by atoms with Crippen LogP contribution in [0.15, 0.2) is 0 Å². The zero-order valence-electron chi connectivity index (χ0n) is 8.19. The third-order valence-electron chi connectivity index (χ3n) is 1.09. The maximum Gasteiger partial charge on any atom is 0.325 e. The molecule has 0 aliphatic heterocycles. The molecule has 1 amide bonds. The summed E-state index contributed by atoms with van der Waals surface area (Å²) in [5.74, 6) is 0. The van der Waals surface area contributed by atoms with E-state index in [1.54, 1.807) is 0 Å². The van der Waals surface area contributed by atoms with E-state index in [2.05, 4.69) is 0 Å². The van der Waals surface area contributed by atoms with Crippen LogP contribution in [-0.2, 0) is 9.36 Å². The van der Waals surface area contributed by atoms with Crippen molar-refractivity contribution >= 4 is 14.0 Å². The molecule has 0 atom stereocenters. The van der Waals surface area contributed by atoms with Crippen molar-refractivity contribution in [3.63, 3.8) is 0 Å². The molecule has 0 heterocycles.